The second kappa shape index (κ2) is 21.5. The fourth-order valence-corrected chi connectivity index (χ4v) is 7.71. The van der Waals surface area contributed by atoms with Crippen molar-refractivity contribution in [3.63, 3.8) is 0 Å². The molecule has 302 valence electrons. The molecule has 0 aliphatic carbocycles. The van der Waals surface area contributed by atoms with Crippen molar-refractivity contribution >= 4 is 51.9 Å². The zero-order chi connectivity index (χ0) is 40.7. The van der Waals surface area contributed by atoms with Gasteiger partial charge in [-0.3, -0.25) is 29.3 Å². The minimum atomic E-state index is -1.10. The molecule has 1 saturated heterocycles. The van der Waals surface area contributed by atoms with E-state index in [1.54, 1.807) is 19.2 Å². The largest absolute Gasteiger partial charge is 0.497 e. The van der Waals surface area contributed by atoms with Crippen molar-refractivity contribution < 1.29 is 28.7 Å². The molecule has 0 saturated carbocycles. The van der Waals surface area contributed by atoms with E-state index in [-0.39, 0.29) is 37.6 Å². The van der Waals surface area contributed by atoms with Crippen LogP contribution in [0.5, 0.6) is 5.75 Å². The lowest BCUT2D eigenvalue weighted by atomic mass is 9.86. The molecular formula is C42H57N7O6S. The van der Waals surface area contributed by atoms with E-state index in [4.69, 9.17) is 16.2 Å². The molecule has 0 bridgehead atoms. The second-order valence-corrected chi connectivity index (χ2v) is 15.6. The summed E-state index contributed by atoms with van der Waals surface area (Å²) < 4.78 is 5.32. The first-order valence-electron chi connectivity index (χ1n) is 19.1. The molecule has 13 nitrogen and oxygen atoms in total. The predicted octanol–water partition coefficient (Wildman–Crippen LogP) is 2.29. The number of nitrogens with two attached hydrogens (primary N) is 2. The molecule has 1 aliphatic rings. The highest BCUT2D eigenvalue weighted by molar-refractivity contribution is 7.99. The molecule has 14 heteroatoms. The number of benzene rings is 3. The number of ether oxygens (including phenoxy) is 1. The number of thioether (sulfide) groups is 1. The fraction of sp³-hybridized carbons (Fsp3) is 0.452. The number of amides is 4. The van der Waals surface area contributed by atoms with Gasteiger partial charge in [0.05, 0.1) is 31.3 Å². The number of hydrogen-bond donors (Lipinski definition) is 7. The van der Waals surface area contributed by atoms with Crippen molar-refractivity contribution in [1.29, 1.82) is 0 Å². The topological polar surface area (TPSA) is 207 Å². The van der Waals surface area contributed by atoms with E-state index in [1.165, 1.54) is 18.7 Å². The van der Waals surface area contributed by atoms with Crippen LogP contribution in [0.25, 0.3) is 10.8 Å². The third-order valence-electron chi connectivity index (χ3n) is 10.1. The molecule has 9 N–H and O–H groups in total. The van der Waals surface area contributed by atoms with Crippen molar-refractivity contribution in [1.82, 2.24) is 26.6 Å². The van der Waals surface area contributed by atoms with Gasteiger partial charge in [0.1, 0.15) is 17.8 Å². The molecule has 0 unspecified atom stereocenters. The van der Waals surface area contributed by atoms with Crippen molar-refractivity contribution in [3.8, 4) is 5.75 Å². The minimum Gasteiger partial charge on any atom is -0.497 e. The van der Waals surface area contributed by atoms with Crippen LogP contribution in [0.2, 0.25) is 0 Å². The number of hydrogen-bond acceptors (Lipinski definition) is 10. The zero-order valence-corrected chi connectivity index (χ0v) is 33.5. The van der Waals surface area contributed by atoms with Gasteiger partial charge in [-0.15, -0.1) is 0 Å². The summed E-state index contributed by atoms with van der Waals surface area (Å²) in [5, 5.41) is 16.8. The van der Waals surface area contributed by atoms with E-state index in [2.05, 4.69) is 33.2 Å². The molecule has 0 spiro atoms. The number of nitrogens with one attached hydrogen (secondary N) is 5. The van der Waals surface area contributed by atoms with Crippen molar-refractivity contribution in [3.05, 3.63) is 90.0 Å². The monoisotopic (exact) mass is 787 g/mol. The Hall–Kier alpha value is -4.76. The van der Waals surface area contributed by atoms with Gasteiger partial charge in [-0.2, -0.15) is 11.8 Å². The number of fused-ring (bicyclic) bond motifs is 1. The summed E-state index contributed by atoms with van der Waals surface area (Å²) in [7, 11) is 1.56. The first-order valence-corrected chi connectivity index (χ1v) is 20.2. The van der Waals surface area contributed by atoms with Crippen LogP contribution in [0.3, 0.4) is 0 Å². The maximum atomic E-state index is 14.4. The first kappa shape index (κ1) is 44.0. The molecule has 1 aliphatic heterocycles. The van der Waals surface area contributed by atoms with Crippen LogP contribution in [0, 0.1) is 0 Å². The van der Waals surface area contributed by atoms with Gasteiger partial charge in [-0.05, 0) is 84.5 Å². The van der Waals surface area contributed by atoms with Crippen LogP contribution in [-0.2, 0) is 36.8 Å². The number of ketones is 1. The number of rotatable bonds is 18. The van der Waals surface area contributed by atoms with Crippen molar-refractivity contribution in [2.24, 2.45) is 11.5 Å². The van der Waals surface area contributed by atoms with Crippen molar-refractivity contribution in [2.75, 3.05) is 38.2 Å². The van der Waals surface area contributed by atoms with E-state index in [0.717, 1.165) is 34.7 Å². The lowest BCUT2D eigenvalue weighted by Gasteiger charge is -2.35. The molecule has 1 heterocycles. The Balaban J connectivity index is 1.63. The van der Waals surface area contributed by atoms with Crippen LogP contribution in [-0.4, -0.2) is 97.4 Å². The van der Waals surface area contributed by atoms with Crippen LogP contribution >= 0.6 is 11.8 Å². The predicted molar refractivity (Wildman–Crippen MR) is 222 cm³/mol. The molecule has 56 heavy (non-hydrogen) atoms. The van der Waals surface area contributed by atoms with Gasteiger partial charge in [0, 0.05) is 32.1 Å². The van der Waals surface area contributed by atoms with Gasteiger partial charge < -0.3 is 37.5 Å². The van der Waals surface area contributed by atoms with E-state index >= 15 is 0 Å². The van der Waals surface area contributed by atoms with E-state index in [9.17, 15) is 24.0 Å². The Bertz CT molecular complexity index is 1840. The summed E-state index contributed by atoms with van der Waals surface area (Å²) in [5.74, 6) is -0.477. The van der Waals surface area contributed by atoms with E-state index < -0.39 is 47.4 Å². The molecule has 4 rings (SSSR count). The van der Waals surface area contributed by atoms with Crippen LogP contribution in [0.1, 0.15) is 50.7 Å². The summed E-state index contributed by atoms with van der Waals surface area (Å²) >= 11 is 1.47. The van der Waals surface area contributed by atoms with Crippen LogP contribution in [0.4, 0.5) is 0 Å². The SMILES string of the molecule is C=C(CN)[C@](C)(CCCCN)NC(=O)[C@H](Cc1ccc2ccccc2c1)NC(=O)[C@H](Cc1ccc(OC)cc1)NC(=O)[C@@H]1CSCC[C@H](NC(C)=O)C(=O)CN1. The summed E-state index contributed by atoms with van der Waals surface area (Å²) in [6.45, 7) is 7.92. The molecule has 0 aromatic heterocycles. The van der Waals surface area contributed by atoms with Gasteiger partial charge in [0.2, 0.25) is 23.6 Å². The minimum absolute atomic E-state index is 0.107. The van der Waals surface area contributed by atoms with Crippen LogP contribution in [0.15, 0.2) is 78.9 Å². The fourth-order valence-electron chi connectivity index (χ4n) is 6.63. The Morgan fingerprint density at radius 3 is 2.30 bits per heavy atom. The first-order chi connectivity index (χ1) is 26.8. The van der Waals surface area contributed by atoms with E-state index in [0.29, 0.717) is 42.2 Å². The molecule has 4 amide bonds. The van der Waals surface area contributed by atoms with Gasteiger partial charge >= 0.3 is 0 Å². The Kier molecular flexibility index (Phi) is 16.9. The number of unbranched alkanes of at least 4 members (excludes halogenated alkanes) is 1. The lowest BCUT2D eigenvalue weighted by Crippen LogP contribution is -2.60. The van der Waals surface area contributed by atoms with Crippen LogP contribution < -0.4 is 42.8 Å². The zero-order valence-electron chi connectivity index (χ0n) is 32.7. The number of carbonyl (C=O) groups is 5. The lowest BCUT2D eigenvalue weighted by molar-refractivity contribution is -0.133. The highest BCUT2D eigenvalue weighted by Crippen LogP contribution is 2.23. The quantitative estimate of drug-likeness (QED) is 0.0740. The average molecular weight is 788 g/mol. The van der Waals surface area contributed by atoms with Gasteiger partial charge in [0.15, 0.2) is 5.78 Å². The highest BCUT2D eigenvalue weighted by Gasteiger charge is 2.35. The Morgan fingerprint density at radius 1 is 0.946 bits per heavy atom. The van der Waals surface area contributed by atoms with Gasteiger partial charge in [-0.1, -0.05) is 61.2 Å². The molecule has 0 radical (unpaired) electrons. The van der Waals surface area contributed by atoms with Gasteiger partial charge in [0.25, 0.3) is 0 Å². The molecule has 3 aromatic carbocycles. The summed E-state index contributed by atoms with van der Waals surface area (Å²) in [6.07, 6.45) is 2.75. The number of Topliss-reactive ketones (excluding diaryl/α,β-unsaturated/α-hetero) is 1. The smallest absolute Gasteiger partial charge is 0.243 e. The molecule has 3 aromatic rings. The Labute approximate surface area is 333 Å². The summed E-state index contributed by atoms with van der Waals surface area (Å²) in [6, 6.07) is 17.4. The summed E-state index contributed by atoms with van der Waals surface area (Å²) in [5.41, 5.74) is 13.2. The molecule has 5 atom stereocenters. The third kappa shape index (κ3) is 12.9. The molecular weight excluding hydrogens is 731 g/mol. The number of carbonyl (C=O) groups excluding carboxylic acids is 5. The Morgan fingerprint density at radius 2 is 1.62 bits per heavy atom. The average Bonchev–Trinajstić information content (AvgIpc) is 3.27. The normalized spacial score (nSPS) is 18.2. The standard InChI is InChI=1S/C42H57N7O6S/c1-27(24-44)42(3,18-7-8-19-43)49-41(54)36(23-30-11-14-31-9-5-6-10-32(31)21-30)48-39(52)35(22-29-12-15-33(55-4)16-13-29)47-40(53)37-26-56-20-17-34(46-28(2)50)38(51)25-45-37/h5-6,9-16,21,34-37,45H,1,7-8,17-20,22-26,43-44H2,2-4H3,(H,46,50)(H,47,53)(H,48,52)(H,49,54)/t34-,35-,36-,37-,42-/m0/s1. The maximum Gasteiger partial charge on any atom is 0.243 e. The highest BCUT2D eigenvalue weighted by atomic mass is 32.2. The third-order valence-corrected chi connectivity index (χ3v) is 11.2. The maximum absolute atomic E-state index is 14.4. The second-order valence-electron chi connectivity index (χ2n) is 14.5. The van der Waals surface area contributed by atoms with Gasteiger partial charge in [-0.25, -0.2) is 0 Å². The summed E-state index contributed by atoms with van der Waals surface area (Å²) in [4.78, 5) is 67.4. The van der Waals surface area contributed by atoms with Crippen molar-refractivity contribution in [2.45, 2.75) is 82.1 Å². The van der Waals surface area contributed by atoms with E-state index in [1.807, 2.05) is 61.5 Å². The molecule has 1 fully saturated rings. The number of methoxy groups -OCH3 is 1.